The molecule has 0 spiro atoms. The summed E-state index contributed by atoms with van der Waals surface area (Å²) < 4.78 is 2.03. The Morgan fingerprint density at radius 2 is 2.04 bits per heavy atom. The van der Waals surface area contributed by atoms with E-state index in [1.165, 1.54) is 16.7 Å². The van der Waals surface area contributed by atoms with E-state index in [9.17, 15) is 4.79 Å². The highest BCUT2D eigenvalue weighted by molar-refractivity contribution is 5.77. The van der Waals surface area contributed by atoms with Crippen LogP contribution in [0.1, 0.15) is 53.9 Å². The molecule has 1 unspecified atom stereocenters. The fourth-order valence-electron chi connectivity index (χ4n) is 4.38. The number of piperidine rings is 1. The lowest BCUT2D eigenvalue weighted by atomic mass is 9.93. The lowest BCUT2D eigenvalue weighted by molar-refractivity contribution is -0.136. The standard InChI is InChI=1S/C20H26N4O/c1-13-4-5-14-6-7-16(15(14)12-13)22-17-8-9-18(25)24(3)19(17)20-21-10-11-23(20)2/h4-5,10-12,16-17,19,22H,6-9H2,1-3H3/t16?,17-,19-/m1/s1. The molecule has 2 aromatic rings. The van der Waals surface area contributed by atoms with Gasteiger partial charge >= 0.3 is 0 Å². The molecule has 1 amide bonds. The first-order valence-corrected chi connectivity index (χ1v) is 9.13. The number of likely N-dealkylation sites (N-methyl/N-ethyl adjacent to an activating group) is 1. The van der Waals surface area contributed by atoms with Gasteiger partial charge in [0, 0.05) is 45.0 Å². The van der Waals surface area contributed by atoms with Crippen LogP contribution in [0.4, 0.5) is 0 Å². The number of hydrogen-bond donors (Lipinski definition) is 1. The number of hydrogen-bond acceptors (Lipinski definition) is 3. The lowest BCUT2D eigenvalue weighted by Crippen LogP contribution is -2.50. The average molecular weight is 338 g/mol. The summed E-state index contributed by atoms with van der Waals surface area (Å²) in [6.45, 7) is 2.15. The van der Waals surface area contributed by atoms with Crippen LogP contribution in [0.25, 0.3) is 0 Å². The fraction of sp³-hybridized carbons (Fsp3) is 0.500. The highest BCUT2D eigenvalue weighted by Crippen LogP contribution is 2.36. The Bertz CT molecular complexity index is 797. The summed E-state index contributed by atoms with van der Waals surface area (Å²) in [5, 5.41) is 3.87. The monoisotopic (exact) mass is 338 g/mol. The molecule has 2 heterocycles. The Morgan fingerprint density at radius 3 is 2.80 bits per heavy atom. The minimum atomic E-state index is -0.0184. The van der Waals surface area contributed by atoms with Crippen molar-refractivity contribution >= 4 is 5.91 Å². The van der Waals surface area contributed by atoms with Gasteiger partial charge in [0.25, 0.3) is 0 Å². The summed E-state index contributed by atoms with van der Waals surface area (Å²) in [5.74, 6) is 1.16. The Morgan fingerprint density at radius 1 is 1.20 bits per heavy atom. The molecule has 1 aliphatic heterocycles. The normalized spacial score (nSPS) is 26.1. The Balaban J connectivity index is 1.62. The van der Waals surface area contributed by atoms with E-state index in [0.29, 0.717) is 12.5 Å². The molecule has 1 fully saturated rings. The van der Waals surface area contributed by atoms with Crippen LogP contribution < -0.4 is 5.32 Å². The fourth-order valence-corrected chi connectivity index (χ4v) is 4.38. The number of aromatic nitrogens is 2. The van der Waals surface area contributed by atoms with Crippen LogP contribution in [0, 0.1) is 6.92 Å². The lowest BCUT2D eigenvalue weighted by Gasteiger charge is -2.40. The minimum Gasteiger partial charge on any atom is -0.336 e. The van der Waals surface area contributed by atoms with E-state index in [-0.39, 0.29) is 18.0 Å². The number of carbonyl (C=O) groups excluding carboxylic acids is 1. The molecule has 0 bridgehead atoms. The first-order chi connectivity index (χ1) is 12.0. The molecule has 1 saturated heterocycles. The first kappa shape index (κ1) is 16.3. The topological polar surface area (TPSA) is 50.2 Å². The van der Waals surface area contributed by atoms with E-state index in [0.717, 1.165) is 25.1 Å². The van der Waals surface area contributed by atoms with Gasteiger partial charge in [0.2, 0.25) is 5.91 Å². The van der Waals surface area contributed by atoms with Crippen molar-refractivity contribution < 1.29 is 4.79 Å². The van der Waals surface area contributed by atoms with Crippen LogP contribution in [-0.4, -0.2) is 33.4 Å². The molecular formula is C20H26N4O. The number of amides is 1. The largest absolute Gasteiger partial charge is 0.336 e. The van der Waals surface area contributed by atoms with Gasteiger partial charge in [-0.3, -0.25) is 4.79 Å². The van der Waals surface area contributed by atoms with Crippen LogP contribution in [-0.2, 0) is 18.3 Å². The first-order valence-electron chi connectivity index (χ1n) is 9.13. The third kappa shape index (κ3) is 2.86. The maximum atomic E-state index is 12.3. The maximum Gasteiger partial charge on any atom is 0.223 e. The average Bonchev–Trinajstić information content (AvgIpc) is 3.18. The molecule has 4 rings (SSSR count). The quantitative estimate of drug-likeness (QED) is 0.936. The van der Waals surface area contributed by atoms with Crippen molar-refractivity contribution in [2.24, 2.45) is 7.05 Å². The third-order valence-electron chi connectivity index (χ3n) is 5.78. The number of nitrogens with one attached hydrogen (secondary N) is 1. The van der Waals surface area contributed by atoms with Gasteiger partial charge < -0.3 is 14.8 Å². The summed E-state index contributed by atoms with van der Waals surface area (Å²) in [5.41, 5.74) is 4.19. The molecular weight excluding hydrogens is 312 g/mol. The number of rotatable bonds is 3. The van der Waals surface area contributed by atoms with Crippen molar-refractivity contribution in [1.29, 1.82) is 0 Å². The predicted molar refractivity (Wildman–Crippen MR) is 97.1 cm³/mol. The molecule has 0 saturated carbocycles. The zero-order chi connectivity index (χ0) is 17.6. The number of fused-ring (bicyclic) bond motifs is 1. The molecule has 1 N–H and O–H groups in total. The van der Waals surface area contributed by atoms with Crippen molar-refractivity contribution in [2.45, 2.75) is 50.7 Å². The Labute approximate surface area is 149 Å². The zero-order valence-electron chi connectivity index (χ0n) is 15.2. The van der Waals surface area contributed by atoms with Gasteiger partial charge in [-0.1, -0.05) is 23.8 Å². The number of benzene rings is 1. The molecule has 1 aromatic heterocycles. The molecule has 5 nitrogen and oxygen atoms in total. The van der Waals surface area contributed by atoms with Crippen molar-refractivity contribution in [3.8, 4) is 0 Å². The van der Waals surface area contributed by atoms with Crippen LogP contribution in [0.15, 0.2) is 30.6 Å². The van der Waals surface area contributed by atoms with E-state index >= 15 is 0 Å². The van der Waals surface area contributed by atoms with E-state index in [1.807, 2.05) is 36.0 Å². The number of aryl methyl sites for hydroxylation is 3. The van der Waals surface area contributed by atoms with Crippen molar-refractivity contribution in [3.05, 3.63) is 53.1 Å². The molecule has 1 aromatic carbocycles. The molecule has 25 heavy (non-hydrogen) atoms. The number of likely N-dealkylation sites (tertiary alicyclic amines) is 1. The summed E-state index contributed by atoms with van der Waals surface area (Å²) in [6, 6.07) is 7.34. The second kappa shape index (κ2) is 6.30. The second-order valence-corrected chi connectivity index (χ2v) is 7.45. The van der Waals surface area contributed by atoms with E-state index in [1.54, 1.807) is 0 Å². The minimum absolute atomic E-state index is 0.0184. The van der Waals surface area contributed by atoms with Gasteiger partial charge in [-0.15, -0.1) is 0 Å². The molecule has 3 atom stereocenters. The van der Waals surface area contributed by atoms with Crippen molar-refractivity contribution in [1.82, 2.24) is 19.8 Å². The Hall–Kier alpha value is -2.14. The van der Waals surface area contributed by atoms with Gasteiger partial charge in [-0.2, -0.15) is 0 Å². The van der Waals surface area contributed by atoms with Gasteiger partial charge in [0.1, 0.15) is 11.9 Å². The molecule has 1 aliphatic carbocycles. The molecule has 5 heteroatoms. The smallest absolute Gasteiger partial charge is 0.223 e. The van der Waals surface area contributed by atoms with Gasteiger partial charge in [-0.05, 0) is 37.3 Å². The second-order valence-electron chi connectivity index (χ2n) is 7.45. The van der Waals surface area contributed by atoms with Crippen molar-refractivity contribution in [3.63, 3.8) is 0 Å². The van der Waals surface area contributed by atoms with E-state index < -0.39 is 0 Å². The van der Waals surface area contributed by atoms with Gasteiger partial charge in [-0.25, -0.2) is 4.98 Å². The molecule has 2 aliphatic rings. The summed E-state index contributed by atoms with van der Waals surface area (Å²) in [7, 11) is 3.91. The van der Waals surface area contributed by atoms with Crippen LogP contribution in [0.2, 0.25) is 0 Å². The number of nitrogens with zero attached hydrogens (tertiary/aromatic N) is 3. The number of carbonyl (C=O) groups is 1. The van der Waals surface area contributed by atoms with Crippen LogP contribution in [0.3, 0.4) is 0 Å². The number of imidazole rings is 1. The molecule has 0 radical (unpaired) electrons. The van der Waals surface area contributed by atoms with Gasteiger partial charge in [0.15, 0.2) is 0 Å². The predicted octanol–water partition coefficient (Wildman–Crippen LogP) is 2.67. The van der Waals surface area contributed by atoms with Crippen LogP contribution in [0.5, 0.6) is 0 Å². The summed E-state index contributed by atoms with van der Waals surface area (Å²) in [4.78, 5) is 18.7. The Kier molecular flexibility index (Phi) is 4.12. The zero-order valence-corrected chi connectivity index (χ0v) is 15.2. The summed E-state index contributed by atoms with van der Waals surface area (Å²) in [6.07, 6.45) is 7.48. The van der Waals surface area contributed by atoms with Gasteiger partial charge in [0.05, 0.1) is 0 Å². The highest BCUT2D eigenvalue weighted by Gasteiger charge is 2.38. The third-order valence-corrected chi connectivity index (χ3v) is 5.78. The van der Waals surface area contributed by atoms with Crippen LogP contribution >= 0.6 is 0 Å². The highest BCUT2D eigenvalue weighted by atomic mass is 16.2. The molecule has 132 valence electrons. The van der Waals surface area contributed by atoms with E-state index in [4.69, 9.17) is 0 Å². The summed E-state index contributed by atoms with van der Waals surface area (Å²) >= 11 is 0. The van der Waals surface area contributed by atoms with E-state index in [2.05, 4.69) is 35.4 Å². The SMILES string of the molecule is Cc1ccc2c(c1)C(N[C@@H]1CCC(=O)N(C)[C@H]1c1nccn1C)CC2. The maximum absolute atomic E-state index is 12.3. The van der Waals surface area contributed by atoms with Crippen molar-refractivity contribution in [2.75, 3.05) is 7.05 Å².